The van der Waals surface area contributed by atoms with Crippen LogP contribution in [0.5, 0.6) is 0 Å². The molecule has 0 unspecified atom stereocenters. The molecule has 0 radical (unpaired) electrons. The second-order valence-electron chi connectivity index (χ2n) is 4.17. The molecular formula is C13H10BrN3O2. The smallest absolute Gasteiger partial charge is 0.408 e. The van der Waals surface area contributed by atoms with Gasteiger partial charge in [-0.3, -0.25) is 4.98 Å². The van der Waals surface area contributed by atoms with Gasteiger partial charge in [-0.15, -0.1) is 0 Å². The maximum Gasteiger partial charge on any atom is 0.417 e. The third kappa shape index (κ3) is 2.39. The number of nitrogens with one attached hydrogen (secondary N) is 2. The lowest BCUT2D eigenvalue weighted by atomic mass is 10.2. The lowest BCUT2D eigenvalue weighted by Gasteiger charge is -2.08. The molecule has 0 aliphatic carbocycles. The minimum atomic E-state index is -0.454. The fourth-order valence-electron chi connectivity index (χ4n) is 1.83. The van der Waals surface area contributed by atoms with E-state index in [-0.39, 0.29) is 0 Å². The van der Waals surface area contributed by atoms with Gasteiger partial charge in [-0.2, -0.15) is 0 Å². The van der Waals surface area contributed by atoms with E-state index in [9.17, 15) is 4.79 Å². The fourth-order valence-corrected chi connectivity index (χ4v) is 2.28. The fraction of sp³-hybridized carbons (Fsp3) is 0.0769. The summed E-state index contributed by atoms with van der Waals surface area (Å²) in [5.74, 6) is 0.311. The topological polar surface area (TPSA) is 70.9 Å². The number of halogens is 1. The number of nitrogens with zero attached hydrogens (tertiary/aromatic N) is 1. The number of fused-ring (bicyclic) bond motifs is 1. The first-order chi connectivity index (χ1) is 9.11. The van der Waals surface area contributed by atoms with Crippen LogP contribution in [0, 0.1) is 6.92 Å². The number of aromatic nitrogens is 2. The van der Waals surface area contributed by atoms with Crippen LogP contribution in [0.3, 0.4) is 0 Å². The number of benzene rings is 1. The Balaban J connectivity index is 1.98. The van der Waals surface area contributed by atoms with Crippen LogP contribution in [0.1, 0.15) is 5.56 Å². The Kier molecular flexibility index (Phi) is 2.87. The van der Waals surface area contributed by atoms with Gasteiger partial charge in [0.2, 0.25) is 0 Å². The number of oxazole rings is 1. The minimum absolute atomic E-state index is 0.454. The summed E-state index contributed by atoms with van der Waals surface area (Å²) >= 11 is 3.37. The van der Waals surface area contributed by atoms with Gasteiger partial charge < -0.3 is 9.73 Å². The van der Waals surface area contributed by atoms with Crippen LogP contribution in [0.2, 0.25) is 0 Å². The molecule has 3 rings (SSSR count). The molecule has 0 saturated heterocycles. The predicted octanol–water partition coefficient (Wildman–Crippen LogP) is 3.33. The van der Waals surface area contributed by atoms with Crippen LogP contribution in [0.4, 0.5) is 11.5 Å². The van der Waals surface area contributed by atoms with Crippen molar-refractivity contribution in [2.45, 2.75) is 6.92 Å². The zero-order valence-electron chi connectivity index (χ0n) is 10.0. The lowest BCUT2D eigenvalue weighted by molar-refractivity contribution is 0.555. The van der Waals surface area contributed by atoms with Crippen molar-refractivity contribution in [3.63, 3.8) is 0 Å². The summed E-state index contributed by atoms with van der Waals surface area (Å²) in [6.07, 6.45) is 1.73. The van der Waals surface area contributed by atoms with Crippen molar-refractivity contribution in [2.75, 3.05) is 5.32 Å². The maximum absolute atomic E-state index is 11.1. The van der Waals surface area contributed by atoms with E-state index in [1.807, 2.05) is 19.1 Å². The van der Waals surface area contributed by atoms with Crippen molar-refractivity contribution in [1.29, 1.82) is 0 Å². The number of hydrogen-bond donors (Lipinski definition) is 2. The van der Waals surface area contributed by atoms with Crippen molar-refractivity contribution < 1.29 is 4.42 Å². The van der Waals surface area contributed by atoms with Gasteiger partial charge >= 0.3 is 5.76 Å². The van der Waals surface area contributed by atoms with E-state index in [2.05, 4.69) is 31.2 Å². The molecule has 3 aromatic rings. The van der Waals surface area contributed by atoms with Crippen molar-refractivity contribution in [3.8, 4) is 0 Å². The average molecular weight is 320 g/mol. The number of pyridine rings is 1. The molecule has 0 spiro atoms. The first kappa shape index (κ1) is 12.0. The Hall–Kier alpha value is -2.08. The van der Waals surface area contributed by atoms with Crippen LogP contribution in [0.15, 0.2) is 44.1 Å². The largest absolute Gasteiger partial charge is 0.417 e. The number of rotatable bonds is 2. The molecule has 0 fully saturated rings. The molecule has 0 aliphatic heterocycles. The summed E-state index contributed by atoms with van der Waals surface area (Å²) < 4.78 is 5.95. The predicted molar refractivity (Wildman–Crippen MR) is 76.8 cm³/mol. The SMILES string of the molecule is Cc1cc(Br)cnc1Nc1ccc2[nH]c(=O)oc2c1. The first-order valence-electron chi connectivity index (χ1n) is 5.64. The highest BCUT2D eigenvalue weighted by atomic mass is 79.9. The Morgan fingerprint density at radius 3 is 3.00 bits per heavy atom. The quantitative estimate of drug-likeness (QED) is 0.760. The van der Waals surface area contributed by atoms with E-state index >= 15 is 0 Å². The Bertz CT molecular complexity index is 807. The Morgan fingerprint density at radius 1 is 1.37 bits per heavy atom. The van der Waals surface area contributed by atoms with Crippen LogP contribution < -0.4 is 11.1 Å². The van der Waals surface area contributed by atoms with Crippen molar-refractivity contribution in [1.82, 2.24) is 9.97 Å². The highest BCUT2D eigenvalue weighted by Gasteiger charge is 2.05. The Labute approximate surface area is 116 Å². The summed E-state index contributed by atoms with van der Waals surface area (Å²) in [5.41, 5.74) is 3.03. The molecule has 1 aromatic carbocycles. The second kappa shape index (κ2) is 4.55. The van der Waals surface area contributed by atoms with Crippen molar-refractivity contribution in [3.05, 3.63) is 51.0 Å². The van der Waals surface area contributed by atoms with E-state index in [0.29, 0.717) is 11.1 Å². The molecule has 6 heteroatoms. The van der Waals surface area contributed by atoms with E-state index in [4.69, 9.17) is 4.42 Å². The lowest BCUT2D eigenvalue weighted by Crippen LogP contribution is -1.96. The number of hydrogen-bond acceptors (Lipinski definition) is 4. The van der Waals surface area contributed by atoms with Gasteiger partial charge in [0, 0.05) is 22.4 Å². The summed E-state index contributed by atoms with van der Waals surface area (Å²) in [7, 11) is 0. The van der Waals surface area contributed by atoms with Gasteiger partial charge in [-0.05, 0) is 46.6 Å². The third-order valence-electron chi connectivity index (χ3n) is 2.73. The highest BCUT2D eigenvalue weighted by molar-refractivity contribution is 9.10. The second-order valence-corrected chi connectivity index (χ2v) is 5.09. The van der Waals surface area contributed by atoms with Gasteiger partial charge in [-0.1, -0.05) is 0 Å². The summed E-state index contributed by atoms with van der Waals surface area (Å²) in [6, 6.07) is 7.38. The molecule has 0 amide bonds. The summed E-state index contributed by atoms with van der Waals surface area (Å²) in [6.45, 7) is 1.97. The van der Waals surface area contributed by atoms with E-state index < -0.39 is 5.76 Å². The van der Waals surface area contributed by atoms with E-state index in [0.717, 1.165) is 21.5 Å². The standard InChI is InChI=1S/C13H10BrN3O2/c1-7-4-8(14)6-15-12(7)16-9-2-3-10-11(5-9)19-13(18)17-10/h2-6H,1H3,(H,15,16)(H,17,18). The molecule has 96 valence electrons. The molecule has 0 saturated carbocycles. The highest BCUT2D eigenvalue weighted by Crippen LogP contribution is 2.23. The average Bonchev–Trinajstić information content (AvgIpc) is 2.72. The molecule has 0 aliphatic rings. The van der Waals surface area contributed by atoms with Gasteiger partial charge in [0.15, 0.2) is 5.58 Å². The van der Waals surface area contributed by atoms with Gasteiger partial charge in [0.05, 0.1) is 5.52 Å². The van der Waals surface area contributed by atoms with Crippen LogP contribution in [-0.2, 0) is 0 Å². The van der Waals surface area contributed by atoms with E-state index in [1.54, 1.807) is 18.3 Å². The molecule has 2 N–H and O–H groups in total. The number of anilines is 2. The molecular weight excluding hydrogens is 310 g/mol. The molecule has 0 atom stereocenters. The zero-order valence-corrected chi connectivity index (χ0v) is 11.6. The third-order valence-corrected chi connectivity index (χ3v) is 3.16. The molecule has 0 bridgehead atoms. The Morgan fingerprint density at radius 2 is 2.21 bits per heavy atom. The minimum Gasteiger partial charge on any atom is -0.408 e. The zero-order chi connectivity index (χ0) is 13.4. The molecule has 2 heterocycles. The number of aryl methyl sites for hydroxylation is 1. The van der Waals surface area contributed by atoms with Crippen LogP contribution in [-0.4, -0.2) is 9.97 Å². The number of H-pyrrole nitrogens is 1. The summed E-state index contributed by atoms with van der Waals surface area (Å²) in [4.78, 5) is 18.0. The van der Waals surface area contributed by atoms with E-state index in [1.165, 1.54) is 0 Å². The van der Waals surface area contributed by atoms with Crippen molar-refractivity contribution >= 4 is 38.5 Å². The normalized spacial score (nSPS) is 10.8. The van der Waals surface area contributed by atoms with Gasteiger partial charge in [0.1, 0.15) is 5.82 Å². The first-order valence-corrected chi connectivity index (χ1v) is 6.43. The molecule has 2 aromatic heterocycles. The molecule has 5 nitrogen and oxygen atoms in total. The maximum atomic E-state index is 11.1. The van der Waals surface area contributed by atoms with Crippen molar-refractivity contribution in [2.24, 2.45) is 0 Å². The monoisotopic (exact) mass is 319 g/mol. The number of aromatic amines is 1. The van der Waals surface area contributed by atoms with Gasteiger partial charge in [0.25, 0.3) is 0 Å². The molecule has 19 heavy (non-hydrogen) atoms. The summed E-state index contributed by atoms with van der Waals surface area (Å²) in [5, 5.41) is 3.19. The van der Waals surface area contributed by atoms with Crippen LogP contribution >= 0.6 is 15.9 Å². The van der Waals surface area contributed by atoms with Crippen LogP contribution in [0.25, 0.3) is 11.1 Å². The van der Waals surface area contributed by atoms with Gasteiger partial charge in [-0.25, -0.2) is 9.78 Å².